The van der Waals surface area contributed by atoms with Gasteiger partial charge < -0.3 is 24.7 Å². The van der Waals surface area contributed by atoms with Gasteiger partial charge in [-0.15, -0.1) is 0 Å². The third kappa shape index (κ3) is 4.51. The Morgan fingerprint density at radius 3 is 2.65 bits per heavy atom. The van der Waals surface area contributed by atoms with Crippen LogP contribution in [0.3, 0.4) is 0 Å². The van der Waals surface area contributed by atoms with E-state index in [1.54, 1.807) is 25.1 Å². The lowest BCUT2D eigenvalue weighted by Crippen LogP contribution is -2.15. The van der Waals surface area contributed by atoms with E-state index in [0.29, 0.717) is 5.52 Å². The van der Waals surface area contributed by atoms with Gasteiger partial charge in [-0.05, 0) is 37.3 Å². The van der Waals surface area contributed by atoms with Crippen LogP contribution in [-0.2, 0) is 4.74 Å². The van der Waals surface area contributed by atoms with E-state index in [0.717, 1.165) is 0 Å². The molecule has 0 spiro atoms. The molecule has 0 aliphatic rings. The van der Waals surface area contributed by atoms with Crippen LogP contribution in [0.15, 0.2) is 65.7 Å². The molecule has 10 heteroatoms. The number of aromatic amines is 1. The zero-order valence-electron chi connectivity index (χ0n) is 17.9. The van der Waals surface area contributed by atoms with Crippen molar-refractivity contribution in [1.29, 1.82) is 0 Å². The van der Waals surface area contributed by atoms with Crippen LogP contribution in [0.4, 0.5) is 10.5 Å². The first-order chi connectivity index (χ1) is 16.4. The Morgan fingerprint density at radius 1 is 1.09 bits per heavy atom. The molecule has 0 fully saturated rings. The molecule has 0 radical (unpaired) electrons. The number of phenols is 2. The van der Waals surface area contributed by atoms with Crippen molar-refractivity contribution >= 4 is 28.7 Å². The molecule has 0 aliphatic carbocycles. The first-order valence-electron chi connectivity index (χ1n) is 10.2. The highest BCUT2D eigenvalue weighted by molar-refractivity contribution is 5.95. The molecule has 4 rings (SSSR count). The maximum Gasteiger partial charge on any atom is 0.411 e. The molecule has 2 aromatic carbocycles. The van der Waals surface area contributed by atoms with Crippen molar-refractivity contribution in [2.75, 3.05) is 11.9 Å². The second-order valence-electron chi connectivity index (χ2n) is 7.09. The van der Waals surface area contributed by atoms with Gasteiger partial charge in [0.1, 0.15) is 5.75 Å². The minimum absolute atomic E-state index is 0.0948. The van der Waals surface area contributed by atoms with E-state index in [2.05, 4.69) is 15.3 Å². The molecule has 1 amide bonds. The molecule has 172 valence electrons. The fourth-order valence-corrected chi connectivity index (χ4v) is 3.33. The van der Waals surface area contributed by atoms with Crippen LogP contribution >= 0.6 is 0 Å². The number of carbonyl (C=O) groups excluding carboxylic acids is 2. The number of H-pyrrole nitrogens is 1. The first-order valence-corrected chi connectivity index (χ1v) is 10.2. The van der Waals surface area contributed by atoms with Crippen molar-refractivity contribution in [3.63, 3.8) is 0 Å². The maximum absolute atomic E-state index is 12.7. The number of pyridine rings is 2. The van der Waals surface area contributed by atoms with Gasteiger partial charge in [0.15, 0.2) is 16.9 Å². The lowest BCUT2D eigenvalue weighted by Gasteiger charge is -2.15. The molecule has 0 unspecified atom stereocenters. The average Bonchev–Trinajstić information content (AvgIpc) is 2.81. The summed E-state index contributed by atoms with van der Waals surface area (Å²) in [7, 11) is 0. The highest BCUT2D eigenvalue weighted by atomic mass is 16.5. The molecular formula is C24H19N3O7. The predicted molar refractivity (Wildman–Crippen MR) is 123 cm³/mol. The van der Waals surface area contributed by atoms with Crippen molar-refractivity contribution in [2.24, 2.45) is 0 Å². The third-order valence-electron chi connectivity index (χ3n) is 4.83. The van der Waals surface area contributed by atoms with Crippen LogP contribution in [0.25, 0.3) is 22.2 Å². The molecule has 0 aliphatic heterocycles. The van der Waals surface area contributed by atoms with Crippen LogP contribution in [-0.4, -0.2) is 38.9 Å². The molecule has 0 saturated carbocycles. The van der Waals surface area contributed by atoms with Gasteiger partial charge in [-0.25, -0.2) is 9.59 Å². The lowest BCUT2D eigenvalue weighted by atomic mass is 10.1. The Kier molecular flexibility index (Phi) is 6.13. The Balaban J connectivity index is 1.81. The van der Waals surface area contributed by atoms with Crippen LogP contribution < -0.4 is 15.5 Å². The normalized spacial score (nSPS) is 10.6. The van der Waals surface area contributed by atoms with E-state index in [9.17, 15) is 24.6 Å². The summed E-state index contributed by atoms with van der Waals surface area (Å²) in [5, 5.41) is 23.2. The van der Waals surface area contributed by atoms with E-state index < -0.39 is 23.2 Å². The summed E-state index contributed by atoms with van der Waals surface area (Å²) in [6.45, 7) is 1.74. The van der Waals surface area contributed by atoms with E-state index in [1.807, 2.05) is 0 Å². The standard InChI is InChI=1S/C24H19N3O7/c1-2-33-24(32)27-17-11-21(34-23(31)13-5-4-8-25-12-13)19(29)9-14(17)16-10-20(30)22-15(26-16)6-3-7-18(22)28/h3-12,28-29H,2H2,1H3,(H,26,30)(H,27,32). The second-order valence-corrected chi connectivity index (χ2v) is 7.09. The largest absolute Gasteiger partial charge is 0.507 e. The zero-order chi connectivity index (χ0) is 24.2. The SMILES string of the molecule is CCOC(=O)Nc1cc(OC(=O)c2cccnc2)c(O)cc1-c1cc(=O)c2c(O)cccc2[nH]1. The number of hydrogen-bond donors (Lipinski definition) is 4. The van der Waals surface area contributed by atoms with Gasteiger partial charge in [-0.3, -0.25) is 15.1 Å². The highest BCUT2D eigenvalue weighted by Gasteiger charge is 2.19. The van der Waals surface area contributed by atoms with E-state index >= 15 is 0 Å². The van der Waals surface area contributed by atoms with Crippen molar-refractivity contribution in [3.8, 4) is 28.5 Å². The maximum atomic E-state index is 12.7. The van der Waals surface area contributed by atoms with Crippen molar-refractivity contribution < 1.29 is 29.3 Å². The summed E-state index contributed by atoms with van der Waals surface area (Å²) in [6.07, 6.45) is 2.01. The van der Waals surface area contributed by atoms with Crippen molar-refractivity contribution in [3.05, 3.63) is 76.7 Å². The minimum atomic E-state index is -0.792. The van der Waals surface area contributed by atoms with Crippen molar-refractivity contribution in [1.82, 2.24) is 9.97 Å². The summed E-state index contributed by atoms with van der Waals surface area (Å²) >= 11 is 0. The Bertz CT molecular complexity index is 1450. The average molecular weight is 461 g/mol. The van der Waals surface area contributed by atoms with Crippen LogP contribution in [0, 0.1) is 0 Å². The third-order valence-corrected chi connectivity index (χ3v) is 4.83. The Morgan fingerprint density at radius 2 is 1.91 bits per heavy atom. The quantitative estimate of drug-likeness (QED) is 0.199. The fourth-order valence-electron chi connectivity index (χ4n) is 3.33. The summed E-state index contributed by atoms with van der Waals surface area (Å²) < 4.78 is 10.2. The van der Waals surface area contributed by atoms with Gasteiger partial charge >= 0.3 is 12.1 Å². The monoisotopic (exact) mass is 461 g/mol. The number of aromatic hydroxyl groups is 2. The number of nitrogens with one attached hydrogen (secondary N) is 2. The Hall–Kier alpha value is -4.86. The van der Waals surface area contributed by atoms with Crippen LogP contribution in [0.2, 0.25) is 0 Å². The number of benzene rings is 2. The lowest BCUT2D eigenvalue weighted by molar-refractivity contribution is 0.0729. The molecule has 2 aromatic heterocycles. The number of nitrogens with zero attached hydrogens (tertiary/aromatic N) is 1. The molecule has 4 N–H and O–H groups in total. The molecule has 10 nitrogen and oxygen atoms in total. The molecule has 4 aromatic rings. The van der Waals surface area contributed by atoms with E-state index in [1.165, 1.54) is 42.7 Å². The van der Waals surface area contributed by atoms with Gasteiger partial charge in [0.05, 0.1) is 34.5 Å². The Labute approximate surface area is 192 Å². The number of hydrogen-bond acceptors (Lipinski definition) is 8. The van der Waals surface area contributed by atoms with E-state index in [-0.39, 0.29) is 46.0 Å². The molecule has 0 bridgehead atoms. The van der Waals surface area contributed by atoms with E-state index in [4.69, 9.17) is 9.47 Å². The van der Waals surface area contributed by atoms with Gasteiger partial charge in [0.25, 0.3) is 0 Å². The minimum Gasteiger partial charge on any atom is -0.507 e. The first kappa shape index (κ1) is 22.3. The second kappa shape index (κ2) is 9.33. The number of aromatic nitrogens is 2. The molecule has 2 heterocycles. The molecular weight excluding hydrogens is 442 g/mol. The molecule has 34 heavy (non-hydrogen) atoms. The number of esters is 1. The number of anilines is 1. The predicted octanol–water partition coefficient (Wildman–Crippen LogP) is 3.79. The number of fused-ring (bicyclic) bond motifs is 1. The van der Waals surface area contributed by atoms with Gasteiger partial charge in [-0.1, -0.05) is 6.07 Å². The van der Waals surface area contributed by atoms with Gasteiger partial charge in [0, 0.05) is 30.1 Å². The molecule has 0 atom stereocenters. The van der Waals surface area contributed by atoms with Crippen LogP contribution in [0.5, 0.6) is 17.2 Å². The number of carbonyl (C=O) groups is 2. The van der Waals surface area contributed by atoms with Crippen LogP contribution in [0.1, 0.15) is 17.3 Å². The summed E-state index contributed by atoms with van der Waals surface area (Å²) in [5.74, 6) is -1.60. The van der Waals surface area contributed by atoms with Gasteiger partial charge in [0.2, 0.25) is 0 Å². The number of amides is 1. The highest BCUT2D eigenvalue weighted by Crippen LogP contribution is 2.38. The number of phenolic OH excluding ortho intramolecular Hbond substituents is 2. The molecule has 0 saturated heterocycles. The summed E-state index contributed by atoms with van der Waals surface area (Å²) in [4.78, 5) is 44.1. The van der Waals surface area contributed by atoms with Crippen molar-refractivity contribution in [2.45, 2.75) is 6.92 Å². The summed E-state index contributed by atoms with van der Waals surface area (Å²) in [6, 6.07) is 11.3. The zero-order valence-corrected chi connectivity index (χ0v) is 17.9. The van der Waals surface area contributed by atoms with Gasteiger partial charge in [-0.2, -0.15) is 0 Å². The number of ether oxygens (including phenoxy) is 2. The summed E-state index contributed by atoms with van der Waals surface area (Å²) in [5.41, 5.74) is 0.570. The fraction of sp³-hybridized carbons (Fsp3) is 0.0833. The number of rotatable bonds is 5. The smallest absolute Gasteiger partial charge is 0.411 e. The topological polar surface area (TPSA) is 151 Å².